The van der Waals surface area contributed by atoms with E-state index in [2.05, 4.69) is 44.6 Å². The van der Waals surface area contributed by atoms with Crippen molar-refractivity contribution in [1.82, 2.24) is 4.90 Å². The van der Waals surface area contributed by atoms with E-state index in [4.69, 9.17) is 0 Å². The maximum atomic E-state index is 2.25. The van der Waals surface area contributed by atoms with Crippen LogP contribution in [0.2, 0.25) is 0 Å². The Morgan fingerprint density at radius 2 is 1.79 bits per heavy atom. The molecule has 0 rings (SSSR count). The molecule has 14 heavy (non-hydrogen) atoms. The fraction of sp³-hybridized carbons (Fsp3) is 0.909. The molecule has 3 heteroatoms. The highest BCUT2D eigenvalue weighted by atomic mass is 32.2. The molecule has 2 nitrogen and oxygen atoms in total. The van der Waals surface area contributed by atoms with Gasteiger partial charge in [-0.3, -0.25) is 9.48 Å². The van der Waals surface area contributed by atoms with E-state index < -0.39 is 0 Å². The number of unbranched alkanes of at least 4 members (excludes halogenated alkanes) is 3. The molecule has 84 valence electrons. The summed E-state index contributed by atoms with van der Waals surface area (Å²) in [5, 5.41) is 1.35. The minimum absolute atomic E-state index is 1.24. The molecule has 0 saturated carbocycles. The summed E-state index contributed by atoms with van der Waals surface area (Å²) in [6, 6.07) is 0. The highest BCUT2D eigenvalue weighted by molar-refractivity contribution is 8.13. The monoisotopic (exact) mass is 217 g/mol. The van der Waals surface area contributed by atoms with Gasteiger partial charge in [0.1, 0.15) is 0 Å². The van der Waals surface area contributed by atoms with Crippen LogP contribution in [0, 0.1) is 0 Å². The van der Waals surface area contributed by atoms with E-state index in [9.17, 15) is 0 Å². The Morgan fingerprint density at radius 3 is 2.21 bits per heavy atom. The molecule has 0 atom stereocenters. The van der Waals surface area contributed by atoms with Crippen molar-refractivity contribution in [3.05, 3.63) is 0 Å². The van der Waals surface area contributed by atoms with Gasteiger partial charge in [0, 0.05) is 5.75 Å². The van der Waals surface area contributed by atoms with Crippen LogP contribution in [0.3, 0.4) is 0 Å². The maximum absolute atomic E-state index is 2.25. The van der Waals surface area contributed by atoms with Gasteiger partial charge in [0.15, 0.2) is 0 Å². The Kier molecular flexibility index (Phi) is 8.05. The number of amidine groups is 1. The standard InChI is InChI=1S/C11H25N2S/c1-6-7-8-9-10-14-11(12(2)3)13(4)5/h6-10H2,1-5H3/q+1. The van der Waals surface area contributed by atoms with Crippen LogP contribution >= 0.6 is 11.8 Å². The van der Waals surface area contributed by atoms with Gasteiger partial charge >= 0.3 is 5.17 Å². The maximum Gasteiger partial charge on any atom is 0.307 e. The van der Waals surface area contributed by atoms with E-state index in [1.807, 2.05) is 11.8 Å². The lowest BCUT2D eigenvalue weighted by Gasteiger charge is -2.10. The van der Waals surface area contributed by atoms with Gasteiger partial charge in [-0.2, -0.15) is 0 Å². The van der Waals surface area contributed by atoms with E-state index in [-0.39, 0.29) is 0 Å². The average Bonchev–Trinajstić information content (AvgIpc) is 2.09. The molecule has 0 amide bonds. The average molecular weight is 217 g/mol. The first-order valence-electron chi connectivity index (χ1n) is 5.44. The van der Waals surface area contributed by atoms with Gasteiger partial charge in [0.05, 0.1) is 28.2 Å². The van der Waals surface area contributed by atoms with Crippen LogP contribution in [0.5, 0.6) is 0 Å². The summed E-state index contributed by atoms with van der Waals surface area (Å²) in [6.07, 6.45) is 5.41. The molecule has 0 spiro atoms. The third kappa shape index (κ3) is 6.30. The Balaban J connectivity index is 3.69. The lowest BCUT2D eigenvalue weighted by Crippen LogP contribution is -2.26. The van der Waals surface area contributed by atoms with Crippen LogP contribution in [-0.2, 0) is 0 Å². The molecule has 0 aliphatic rings. The first-order chi connectivity index (χ1) is 6.59. The number of hydrogen-bond acceptors (Lipinski definition) is 1. The molecule has 0 saturated heterocycles. The number of hydrogen-bond donors (Lipinski definition) is 0. The second kappa shape index (κ2) is 8.16. The predicted octanol–water partition coefficient (Wildman–Crippen LogP) is 2.49. The third-order valence-corrected chi connectivity index (χ3v) is 3.48. The molecule has 0 bridgehead atoms. The van der Waals surface area contributed by atoms with Crippen molar-refractivity contribution in [2.24, 2.45) is 0 Å². The Labute approximate surface area is 93.4 Å². The van der Waals surface area contributed by atoms with Crippen molar-refractivity contribution in [1.29, 1.82) is 0 Å². The van der Waals surface area contributed by atoms with Crippen molar-refractivity contribution >= 4 is 16.9 Å². The molecule has 0 aliphatic carbocycles. The fourth-order valence-electron chi connectivity index (χ4n) is 1.35. The van der Waals surface area contributed by atoms with Crippen LogP contribution in [0.15, 0.2) is 0 Å². The molecule has 0 heterocycles. The van der Waals surface area contributed by atoms with E-state index in [0.29, 0.717) is 0 Å². The highest BCUT2D eigenvalue weighted by Crippen LogP contribution is 2.10. The fourth-order valence-corrected chi connectivity index (χ4v) is 2.40. The van der Waals surface area contributed by atoms with Crippen LogP contribution < -0.4 is 0 Å². The second-order valence-electron chi connectivity index (χ2n) is 3.98. The Hall–Kier alpha value is -0.180. The van der Waals surface area contributed by atoms with Crippen LogP contribution in [-0.4, -0.2) is 48.6 Å². The number of nitrogens with zero attached hydrogens (tertiary/aromatic N) is 2. The van der Waals surface area contributed by atoms with Crippen molar-refractivity contribution in [3.63, 3.8) is 0 Å². The van der Waals surface area contributed by atoms with Gasteiger partial charge in [-0.25, -0.2) is 0 Å². The molecule has 0 aromatic carbocycles. The summed E-state index contributed by atoms with van der Waals surface area (Å²) in [7, 11) is 8.42. The van der Waals surface area contributed by atoms with Gasteiger partial charge < -0.3 is 0 Å². The van der Waals surface area contributed by atoms with E-state index in [1.165, 1.54) is 36.6 Å². The lowest BCUT2D eigenvalue weighted by atomic mass is 10.2. The predicted molar refractivity (Wildman–Crippen MR) is 67.4 cm³/mol. The van der Waals surface area contributed by atoms with E-state index in [0.717, 1.165) is 0 Å². The summed E-state index contributed by atoms with van der Waals surface area (Å²) >= 11 is 1.96. The zero-order valence-corrected chi connectivity index (χ0v) is 11.2. The van der Waals surface area contributed by atoms with Gasteiger partial charge in [-0.05, 0) is 18.2 Å². The lowest BCUT2D eigenvalue weighted by molar-refractivity contribution is -0.466. The topological polar surface area (TPSA) is 6.25 Å². The molecular formula is C11H25N2S+. The van der Waals surface area contributed by atoms with Crippen molar-refractivity contribution in [3.8, 4) is 0 Å². The van der Waals surface area contributed by atoms with E-state index in [1.54, 1.807) is 0 Å². The minimum Gasteiger partial charge on any atom is -0.262 e. The number of rotatable bonds is 5. The summed E-state index contributed by atoms with van der Waals surface area (Å²) in [6.45, 7) is 2.25. The van der Waals surface area contributed by atoms with Crippen LogP contribution in [0.4, 0.5) is 0 Å². The first kappa shape index (κ1) is 13.8. The summed E-state index contributed by atoms with van der Waals surface area (Å²) < 4.78 is 2.19. The van der Waals surface area contributed by atoms with Gasteiger partial charge in [-0.15, -0.1) is 0 Å². The highest BCUT2D eigenvalue weighted by Gasteiger charge is 2.11. The Bertz CT molecular complexity index is 172. The van der Waals surface area contributed by atoms with Crippen LogP contribution in [0.25, 0.3) is 0 Å². The molecular weight excluding hydrogens is 192 g/mol. The van der Waals surface area contributed by atoms with Gasteiger partial charge in [-0.1, -0.05) is 26.2 Å². The SMILES string of the molecule is CCCCCCSC(N(C)C)=[N+](C)C. The molecule has 0 aliphatic heterocycles. The van der Waals surface area contributed by atoms with Crippen molar-refractivity contribution in [2.45, 2.75) is 32.6 Å². The normalized spacial score (nSPS) is 10.1. The summed E-state index contributed by atoms with van der Waals surface area (Å²) in [5.74, 6) is 1.24. The number of thioether (sulfide) groups is 1. The molecule has 0 N–H and O–H groups in total. The van der Waals surface area contributed by atoms with E-state index >= 15 is 0 Å². The van der Waals surface area contributed by atoms with Crippen LogP contribution in [0.1, 0.15) is 32.6 Å². The minimum atomic E-state index is 1.24. The summed E-state index contributed by atoms with van der Waals surface area (Å²) in [5.41, 5.74) is 0. The van der Waals surface area contributed by atoms with Crippen molar-refractivity contribution in [2.75, 3.05) is 33.9 Å². The molecule has 0 aromatic rings. The smallest absolute Gasteiger partial charge is 0.262 e. The third-order valence-electron chi connectivity index (χ3n) is 1.99. The van der Waals surface area contributed by atoms with Gasteiger partial charge in [0.2, 0.25) is 0 Å². The van der Waals surface area contributed by atoms with Crippen molar-refractivity contribution < 1.29 is 4.58 Å². The Morgan fingerprint density at radius 1 is 1.14 bits per heavy atom. The molecule has 0 aromatic heterocycles. The molecule has 0 radical (unpaired) electrons. The quantitative estimate of drug-likeness (QED) is 0.302. The van der Waals surface area contributed by atoms with Gasteiger partial charge in [0.25, 0.3) is 0 Å². The largest absolute Gasteiger partial charge is 0.307 e. The zero-order chi connectivity index (χ0) is 11.0. The molecule has 0 fully saturated rings. The summed E-state index contributed by atoms with van der Waals surface area (Å²) in [4.78, 5) is 2.19. The zero-order valence-electron chi connectivity index (χ0n) is 10.3. The first-order valence-corrected chi connectivity index (χ1v) is 6.42. The second-order valence-corrected chi connectivity index (χ2v) is 5.04. The molecule has 0 unspecified atom stereocenters.